The molecule has 0 aliphatic carbocycles. The van der Waals surface area contributed by atoms with Gasteiger partial charge in [-0.3, -0.25) is 9.59 Å². The molecule has 0 atom stereocenters. The number of nitrogens with one attached hydrogen (secondary N) is 2. The molecule has 0 aliphatic rings. The van der Waals surface area contributed by atoms with E-state index in [2.05, 4.69) is 10.6 Å². The maximum absolute atomic E-state index is 11.8. The predicted molar refractivity (Wildman–Crippen MR) is 126 cm³/mol. The van der Waals surface area contributed by atoms with Crippen molar-refractivity contribution >= 4 is 23.2 Å². The first-order valence-electron chi connectivity index (χ1n) is 10.7. The Labute approximate surface area is 192 Å². The Hall–Kier alpha value is -3.32. The van der Waals surface area contributed by atoms with Crippen LogP contribution in [0.3, 0.4) is 0 Å². The minimum Gasteiger partial charge on any atom is -0.494 e. The number of benzene rings is 2. The van der Waals surface area contributed by atoms with Crippen LogP contribution in [0.4, 0.5) is 0 Å². The lowest BCUT2D eigenvalue weighted by molar-refractivity contribution is -0.120. The van der Waals surface area contributed by atoms with E-state index in [1.807, 2.05) is 66.0 Å². The summed E-state index contributed by atoms with van der Waals surface area (Å²) in [7, 11) is 0. The second-order valence-electron chi connectivity index (χ2n) is 7.13. The number of unbranched alkanes of at least 4 members (excludes halogenated alkanes) is 1. The highest BCUT2D eigenvalue weighted by Crippen LogP contribution is 2.19. The Morgan fingerprint density at radius 2 is 1.53 bits per heavy atom. The van der Waals surface area contributed by atoms with E-state index in [-0.39, 0.29) is 18.2 Å². The molecule has 168 valence electrons. The quantitative estimate of drug-likeness (QED) is 0.376. The predicted octanol–water partition coefficient (Wildman–Crippen LogP) is 4.42. The van der Waals surface area contributed by atoms with E-state index in [0.717, 1.165) is 29.9 Å². The van der Waals surface area contributed by atoms with Gasteiger partial charge in [-0.2, -0.15) is 0 Å². The minimum atomic E-state index is -0.138. The molecular weight excluding hydrogens is 424 g/mol. The second-order valence-corrected chi connectivity index (χ2v) is 8.08. The third-order valence-corrected chi connectivity index (χ3v) is 5.49. The SMILES string of the molecule is O=C(CCNC(=O)c1cccs1)NCCCCOc1ccc(OCc2ccccc2)cc1. The third-order valence-electron chi connectivity index (χ3n) is 4.62. The standard InChI is InChI=1S/C25H28N2O4S/c28-24(14-16-27-25(29)23-9-6-18-32-23)26-15-4-5-17-30-21-10-12-22(13-11-21)31-19-20-7-2-1-3-8-20/h1-3,6-13,18H,4-5,14-17,19H2,(H,26,28)(H,27,29). The minimum absolute atomic E-state index is 0.0662. The van der Waals surface area contributed by atoms with E-state index in [1.165, 1.54) is 11.3 Å². The van der Waals surface area contributed by atoms with Gasteiger partial charge in [-0.25, -0.2) is 0 Å². The molecule has 0 unspecified atom stereocenters. The zero-order chi connectivity index (χ0) is 22.4. The molecule has 2 aromatic carbocycles. The number of amides is 2. The van der Waals surface area contributed by atoms with Gasteiger partial charge in [0, 0.05) is 19.5 Å². The second kappa shape index (κ2) is 13.2. The molecule has 0 saturated heterocycles. The lowest BCUT2D eigenvalue weighted by atomic mass is 10.2. The molecule has 0 saturated carbocycles. The van der Waals surface area contributed by atoms with Gasteiger partial charge in [0.05, 0.1) is 11.5 Å². The molecule has 0 bridgehead atoms. The average Bonchev–Trinajstić information content (AvgIpc) is 3.36. The molecule has 0 radical (unpaired) electrons. The lowest BCUT2D eigenvalue weighted by Gasteiger charge is -2.09. The van der Waals surface area contributed by atoms with Crippen molar-refractivity contribution in [2.75, 3.05) is 19.7 Å². The summed E-state index contributed by atoms with van der Waals surface area (Å²) in [4.78, 5) is 24.3. The Balaban J connectivity index is 1.20. The summed E-state index contributed by atoms with van der Waals surface area (Å²) < 4.78 is 11.5. The van der Waals surface area contributed by atoms with Crippen molar-refractivity contribution in [2.24, 2.45) is 0 Å². The highest BCUT2D eigenvalue weighted by molar-refractivity contribution is 7.12. The Morgan fingerprint density at radius 3 is 2.25 bits per heavy atom. The lowest BCUT2D eigenvalue weighted by Crippen LogP contribution is -2.31. The number of hydrogen-bond acceptors (Lipinski definition) is 5. The summed E-state index contributed by atoms with van der Waals surface area (Å²) in [5, 5.41) is 7.46. The van der Waals surface area contributed by atoms with Crippen molar-refractivity contribution in [3.05, 3.63) is 82.6 Å². The Bertz CT molecular complexity index is 944. The van der Waals surface area contributed by atoms with E-state index in [0.29, 0.717) is 31.2 Å². The topological polar surface area (TPSA) is 76.7 Å². The fraction of sp³-hybridized carbons (Fsp3) is 0.280. The summed E-state index contributed by atoms with van der Waals surface area (Å²) in [6.07, 6.45) is 1.93. The van der Waals surface area contributed by atoms with Gasteiger partial charge in [-0.05, 0) is 54.1 Å². The van der Waals surface area contributed by atoms with Crippen LogP contribution in [-0.2, 0) is 11.4 Å². The Kier molecular flexibility index (Phi) is 9.61. The largest absolute Gasteiger partial charge is 0.494 e. The van der Waals surface area contributed by atoms with Gasteiger partial charge in [-0.1, -0.05) is 36.4 Å². The first kappa shape index (κ1) is 23.3. The molecule has 1 aromatic heterocycles. The molecule has 1 heterocycles. The van der Waals surface area contributed by atoms with Gasteiger partial charge >= 0.3 is 0 Å². The van der Waals surface area contributed by atoms with E-state index in [9.17, 15) is 9.59 Å². The fourth-order valence-corrected chi connectivity index (χ4v) is 3.53. The van der Waals surface area contributed by atoms with Gasteiger partial charge in [0.15, 0.2) is 0 Å². The highest BCUT2D eigenvalue weighted by Gasteiger charge is 2.07. The van der Waals surface area contributed by atoms with Crippen LogP contribution in [0.5, 0.6) is 11.5 Å². The van der Waals surface area contributed by atoms with E-state index in [4.69, 9.17) is 9.47 Å². The zero-order valence-corrected chi connectivity index (χ0v) is 18.7. The number of carbonyl (C=O) groups is 2. The van der Waals surface area contributed by atoms with Crippen LogP contribution in [-0.4, -0.2) is 31.5 Å². The van der Waals surface area contributed by atoms with Crippen molar-refractivity contribution in [3.8, 4) is 11.5 Å². The maximum Gasteiger partial charge on any atom is 0.261 e. The normalized spacial score (nSPS) is 10.4. The monoisotopic (exact) mass is 452 g/mol. The molecule has 2 N–H and O–H groups in total. The summed E-state index contributed by atoms with van der Waals surface area (Å²) in [6, 6.07) is 21.2. The van der Waals surface area contributed by atoms with Crippen LogP contribution < -0.4 is 20.1 Å². The smallest absolute Gasteiger partial charge is 0.261 e. The summed E-state index contributed by atoms with van der Waals surface area (Å²) in [5.41, 5.74) is 1.13. The van der Waals surface area contributed by atoms with Gasteiger partial charge in [-0.15, -0.1) is 11.3 Å². The molecule has 0 spiro atoms. The number of carbonyl (C=O) groups excluding carboxylic acids is 2. The maximum atomic E-state index is 11.8. The van der Waals surface area contributed by atoms with Crippen LogP contribution >= 0.6 is 11.3 Å². The van der Waals surface area contributed by atoms with Crippen LogP contribution in [0.15, 0.2) is 72.1 Å². The molecule has 32 heavy (non-hydrogen) atoms. The fourth-order valence-electron chi connectivity index (χ4n) is 2.89. The van der Waals surface area contributed by atoms with Crippen LogP contribution in [0, 0.1) is 0 Å². The first-order chi connectivity index (χ1) is 15.7. The molecule has 3 aromatic rings. The first-order valence-corrected chi connectivity index (χ1v) is 11.6. The van der Waals surface area contributed by atoms with Crippen molar-refractivity contribution < 1.29 is 19.1 Å². The third kappa shape index (κ3) is 8.43. The summed E-state index contributed by atoms with van der Waals surface area (Å²) >= 11 is 1.38. The highest BCUT2D eigenvalue weighted by atomic mass is 32.1. The van der Waals surface area contributed by atoms with Gasteiger partial charge in [0.1, 0.15) is 18.1 Å². The van der Waals surface area contributed by atoms with Crippen LogP contribution in [0.25, 0.3) is 0 Å². The molecule has 2 amide bonds. The number of ether oxygens (including phenoxy) is 2. The summed E-state index contributed by atoms with van der Waals surface area (Å²) in [6.45, 7) is 2.04. The van der Waals surface area contributed by atoms with E-state index < -0.39 is 0 Å². The molecular formula is C25H28N2O4S. The van der Waals surface area contributed by atoms with Crippen molar-refractivity contribution in [2.45, 2.75) is 25.9 Å². The van der Waals surface area contributed by atoms with E-state index in [1.54, 1.807) is 6.07 Å². The number of rotatable bonds is 13. The molecule has 7 heteroatoms. The Morgan fingerprint density at radius 1 is 0.781 bits per heavy atom. The van der Waals surface area contributed by atoms with Crippen molar-refractivity contribution in [1.29, 1.82) is 0 Å². The summed E-state index contributed by atoms with van der Waals surface area (Å²) in [5.74, 6) is 1.39. The number of hydrogen-bond donors (Lipinski definition) is 2. The molecule has 3 rings (SSSR count). The molecule has 0 fully saturated rings. The van der Waals surface area contributed by atoms with Gasteiger partial charge in [0.25, 0.3) is 5.91 Å². The number of thiophene rings is 1. The van der Waals surface area contributed by atoms with Crippen LogP contribution in [0.1, 0.15) is 34.5 Å². The van der Waals surface area contributed by atoms with Gasteiger partial charge < -0.3 is 20.1 Å². The molecule has 6 nitrogen and oxygen atoms in total. The van der Waals surface area contributed by atoms with Gasteiger partial charge in [0.2, 0.25) is 5.91 Å². The van der Waals surface area contributed by atoms with E-state index >= 15 is 0 Å². The average molecular weight is 453 g/mol. The molecule has 0 aliphatic heterocycles. The zero-order valence-electron chi connectivity index (χ0n) is 17.9. The van der Waals surface area contributed by atoms with Crippen molar-refractivity contribution in [1.82, 2.24) is 10.6 Å². The van der Waals surface area contributed by atoms with Crippen LogP contribution in [0.2, 0.25) is 0 Å². The van der Waals surface area contributed by atoms with Crippen molar-refractivity contribution in [3.63, 3.8) is 0 Å².